The van der Waals surface area contributed by atoms with E-state index in [1.807, 2.05) is 0 Å². The van der Waals surface area contributed by atoms with Gasteiger partial charge in [0.1, 0.15) is 0 Å². The number of hydrogen-bond donors (Lipinski definition) is 1. The SMILES string of the molecule is C=C1CCN2CCCC12CO. The average molecular weight is 153 g/mol. The molecule has 62 valence electrons. The molecule has 2 heterocycles. The highest BCUT2D eigenvalue weighted by Crippen LogP contribution is 2.41. The minimum absolute atomic E-state index is 0. The van der Waals surface area contributed by atoms with Crippen LogP contribution in [0.3, 0.4) is 0 Å². The molecule has 0 amide bonds. The molecule has 0 aromatic rings. The van der Waals surface area contributed by atoms with E-state index in [1.165, 1.54) is 12.0 Å². The highest BCUT2D eigenvalue weighted by molar-refractivity contribution is 5.24. The first-order valence-corrected chi connectivity index (χ1v) is 4.34. The van der Waals surface area contributed by atoms with Gasteiger partial charge in [0.15, 0.2) is 0 Å². The van der Waals surface area contributed by atoms with Gasteiger partial charge in [0.05, 0.1) is 12.1 Å². The van der Waals surface area contributed by atoms with Crippen LogP contribution in [0.2, 0.25) is 0 Å². The molecule has 1 unspecified atom stereocenters. The Morgan fingerprint density at radius 3 is 3.00 bits per heavy atom. The molecule has 2 heteroatoms. The molecule has 2 aliphatic heterocycles. The third-order valence-electron chi connectivity index (χ3n) is 3.23. The van der Waals surface area contributed by atoms with Crippen molar-refractivity contribution in [3.63, 3.8) is 0 Å². The molecular formula is C9H15NO. The summed E-state index contributed by atoms with van der Waals surface area (Å²) in [5, 5.41) is 9.29. The minimum Gasteiger partial charge on any atom is -0.394 e. The maximum Gasteiger partial charge on any atom is 0.0654 e. The summed E-state index contributed by atoms with van der Waals surface area (Å²) in [5.74, 6) is 0. The van der Waals surface area contributed by atoms with E-state index in [-0.39, 0.29) is 12.1 Å². The minimum atomic E-state index is 0. The fourth-order valence-corrected chi connectivity index (χ4v) is 2.45. The lowest BCUT2D eigenvalue weighted by molar-refractivity contribution is 0.123. The standard InChI is InChI=1S/C9H15NO/c1-8-3-6-10-5-2-4-9(8,10)7-11/h11H,1-7H2. The van der Waals surface area contributed by atoms with Crippen LogP contribution in [0.1, 0.15) is 19.3 Å². The average Bonchev–Trinajstić information content (AvgIpc) is 2.53. The van der Waals surface area contributed by atoms with Crippen LogP contribution in [0, 0.1) is 0 Å². The molecule has 2 saturated heterocycles. The second kappa shape index (κ2) is 2.32. The third-order valence-corrected chi connectivity index (χ3v) is 3.23. The lowest BCUT2D eigenvalue weighted by Crippen LogP contribution is -2.42. The zero-order chi connectivity index (χ0) is 7.90. The first-order valence-electron chi connectivity index (χ1n) is 4.34. The van der Waals surface area contributed by atoms with Crippen molar-refractivity contribution in [1.29, 1.82) is 0 Å². The summed E-state index contributed by atoms with van der Waals surface area (Å²) in [6.07, 6.45) is 3.42. The van der Waals surface area contributed by atoms with E-state index in [2.05, 4.69) is 11.5 Å². The van der Waals surface area contributed by atoms with E-state index in [4.69, 9.17) is 0 Å². The number of aliphatic hydroxyl groups excluding tert-OH is 1. The summed E-state index contributed by atoms with van der Waals surface area (Å²) in [5.41, 5.74) is 1.25. The third kappa shape index (κ3) is 0.797. The summed E-state index contributed by atoms with van der Waals surface area (Å²) in [6.45, 7) is 6.57. The van der Waals surface area contributed by atoms with Gasteiger partial charge in [0.2, 0.25) is 0 Å². The summed E-state index contributed by atoms with van der Waals surface area (Å²) in [6, 6.07) is 0. The second-order valence-corrected chi connectivity index (χ2v) is 3.63. The van der Waals surface area contributed by atoms with Crippen LogP contribution in [0.4, 0.5) is 0 Å². The molecule has 11 heavy (non-hydrogen) atoms. The van der Waals surface area contributed by atoms with Gasteiger partial charge >= 0.3 is 0 Å². The van der Waals surface area contributed by atoms with Gasteiger partial charge in [0, 0.05) is 6.54 Å². The first kappa shape index (κ1) is 7.32. The van der Waals surface area contributed by atoms with Crippen molar-refractivity contribution in [1.82, 2.24) is 4.90 Å². The molecule has 0 aromatic carbocycles. The molecule has 0 bridgehead atoms. The van der Waals surface area contributed by atoms with E-state index in [1.54, 1.807) is 0 Å². The van der Waals surface area contributed by atoms with E-state index in [0.717, 1.165) is 25.9 Å². The molecule has 0 radical (unpaired) electrons. The Labute approximate surface area is 67.5 Å². The van der Waals surface area contributed by atoms with Crippen molar-refractivity contribution in [3.8, 4) is 0 Å². The van der Waals surface area contributed by atoms with Crippen LogP contribution in [0.15, 0.2) is 12.2 Å². The largest absolute Gasteiger partial charge is 0.394 e. The molecule has 2 nitrogen and oxygen atoms in total. The summed E-state index contributed by atoms with van der Waals surface area (Å²) in [7, 11) is 0. The van der Waals surface area contributed by atoms with Crippen LogP contribution < -0.4 is 0 Å². The van der Waals surface area contributed by atoms with Gasteiger partial charge in [-0.2, -0.15) is 0 Å². The molecular weight excluding hydrogens is 138 g/mol. The van der Waals surface area contributed by atoms with Crippen LogP contribution in [-0.2, 0) is 0 Å². The van der Waals surface area contributed by atoms with Crippen LogP contribution >= 0.6 is 0 Å². The quantitative estimate of drug-likeness (QED) is 0.562. The van der Waals surface area contributed by atoms with Crippen molar-refractivity contribution in [2.24, 2.45) is 0 Å². The predicted molar refractivity (Wildman–Crippen MR) is 44.4 cm³/mol. The highest BCUT2D eigenvalue weighted by atomic mass is 16.3. The summed E-state index contributed by atoms with van der Waals surface area (Å²) >= 11 is 0. The molecule has 0 saturated carbocycles. The van der Waals surface area contributed by atoms with Gasteiger partial charge in [-0.25, -0.2) is 0 Å². The maximum absolute atomic E-state index is 9.29. The molecule has 0 aromatic heterocycles. The lowest BCUT2D eigenvalue weighted by atomic mass is 9.91. The zero-order valence-electron chi connectivity index (χ0n) is 6.84. The number of fused-ring (bicyclic) bond motifs is 1. The van der Waals surface area contributed by atoms with Crippen LogP contribution in [0.25, 0.3) is 0 Å². The van der Waals surface area contributed by atoms with E-state index in [9.17, 15) is 5.11 Å². The van der Waals surface area contributed by atoms with Gasteiger partial charge in [-0.15, -0.1) is 0 Å². The highest BCUT2D eigenvalue weighted by Gasteiger charge is 2.46. The van der Waals surface area contributed by atoms with Crippen LogP contribution in [-0.4, -0.2) is 35.2 Å². The molecule has 2 aliphatic rings. The number of nitrogens with zero attached hydrogens (tertiary/aromatic N) is 1. The number of aliphatic hydroxyl groups is 1. The Bertz CT molecular complexity index is 190. The molecule has 2 fully saturated rings. The van der Waals surface area contributed by atoms with Gasteiger partial charge in [-0.05, 0) is 25.8 Å². The second-order valence-electron chi connectivity index (χ2n) is 3.63. The predicted octanol–water partition coefficient (Wildman–Crippen LogP) is 0.773. The van der Waals surface area contributed by atoms with Crippen molar-refractivity contribution in [3.05, 3.63) is 12.2 Å². The fourth-order valence-electron chi connectivity index (χ4n) is 2.45. The monoisotopic (exact) mass is 153 g/mol. The lowest BCUT2D eigenvalue weighted by Gasteiger charge is -2.30. The topological polar surface area (TPSA) is 23.5 Å². The Kier molecular flexibility index (Phi) is 1.55. The van der Waals surface area contributed by atoms with E-state index >= 15 is 0 Å². The summed E-state index contributed by atoms with van der Waals surface area (Å²) < 4.78 is 0. The smallest absolute Gasteiger partial charge is 0.0654 e. The van der Waals surface area contributed by atoms with Crippen molar-refractivity contribution in [2.75, 3.05) is 19.7 Å². The Hall–Kier alpha value is -0.340. The molecule has 0 spiro atoms. The van der Waals surface area contributed by atoms with Gasteiger partial charge < -0.3 is 5.11 Å². The number of rotatable bonds is 1. The maximum atomic E-state index is 9.29. The van der Waals surface area contributed by atoms with Crippen molar-refractivity contribution in [2.45, 2.75) is 24.8 Å². The Morgan fingerprint density at radius 2 is 2.36 bits per heavy atom. The Balaban J connectivity index is 2.29. The normalized spacial score (nSPS) is 38.1. The molecule has 1 atom stereocenters. The first-order chi connectivity index (χ1) is 5.29. The van der Waals surface area contributed by atoms with Gasteiger partial charge in [-0.1, -0.05) is 12.2 Å². The molecule has 1 N–H and O–H groups in total. The molecule has 0 aliphatic carbocycles. The van der Waals surface area contributed by atoms with E-state index in [0.29, 0.717) is 0 Å². The van der Waals surface area contributed by atoms with E-state index < -0.39 is 0 Å². The summed E-state index contributed by atoms with van der Waals surface area (Å²) in [4.78, 5) is 2.38. The molecule has 2 rings (SSSR count). The van der Waals surface area contributed by atoms with Gasteiger partial charge in [0.25, 0.3) is 0 Å². The Morgan fingerprint density at radius 1 is 1.55 bits per heavy atom. The van der Waals surface area contributed by atoms with Crippen LogP contribution in [0.5, 0.6) is 0 Å². The fraction of sp³-hybridized carbons (Fsp3) is 0.778. The van der Waals surface area contributed by atoms with Crippen molar-refractivity contribution < 1.29 is 5.11 Å². The zero-order valence-corrected chi connectivity index (χ0v) is 6.84. The number of hydrogen-bond acceptors (Lipinski definition) is 2. The van der Waals surface area contributed by atoms with Crippen molar-refractivity contribution >= 4 is 0 Å². The van der Waals surface area contributed by atoms with Gasteiger partial charge in [-0.3, -0.25) is 4.90 Å².